The van der Waals surface area contributed by atoms with Crippen LogP contribution in [0.15, 0.2) is 54.6 Å². The molecule has 3 aromatic rings. The van der Waals surface area contributed by atoms with Crippen LogP contribution in [0, 0.1) is 0 Å². The van der Waals surface area contributed by atoms with Gasteiger partial charge in [-0.2, -0.15) is 0 Å². The maximum Gasteiger partial charge on any atom is 0.223 e. The first kappa shape index (κ1) is 17.2. The van der Waals surface area contributed by atoms with Crippen molar-refractivity contribution in [2.24, 2.45) is 0 Å². The van der Waals surface area contributed by atoms with Crippen molar-refractivity contribution in [3.8, 4) is 0 Å². The standard InChI is InChI=1S/C22H24N2OS/c1-16(17-8-3-2-4-9-17)14-21(25)24-13-7-10-18(15-24)22-23-19-11-5-6-12-20(19)26-22/h2-6,8-9,11-12,16,18H,7,10,13-15H2,1H3/t16-,18-/m0/s1. The van der Waals surface area contributed by atoms with Gasteiger partial charge in [-0.1, -0.05) is 49.4 Å². The van der Waals surface area contributed by atoms with E-state index in [0.29, 0.717) is 12.3 Å². The van der Waals surface area contributed by atoms with Gasteiger partial charge in [-0.05, 0) is 36.5 Å². The number of carbonyl (C=O) groups excluding carboxylic acids is 1. The number of carbonyl (C=O) groups is 1. The summed E-state index contributed by atoms with van der Waals surface area (Å²) in [6.07, 6.45) is 2.76. The van der Waals surface area contributed by atoms with E-state index in [1.165, 1.54) is 15.3 Å². The molecule has 0 N–H and O–H groups in total. The molecule has 4 heteroatoms. The third kappa shape index (κ3) is 3.65. The highest BCUT2D eigenvalue weighted by Crippen LogP contribution is 2.33. The molecule has 26 heavy (non-hydrogen) atoms. The average molecular weight is 365 g/mol. The number of amides is 1. The lowest BCUT2D eigenvalue weighted by Gasteiger charge is -2.32. The number of piperidine rings is 1. The first-order valence-corrected chi connectivity index (χ1v) is 10.2. The molecule has 1 aliphatic rings. The van der Waals surface area contributed by atoms with Crippen LogP contribution >= 0.6 is 11.3 Å². The zero-order valence-electron chi connectivity index (χ0n) is 15.1. The van der Waals surface area contributed by atoms with E-state index in [9.17, 15) is 4.79 Å². The number of aromatic nitrogens is 1. The first-order valence-electron chi connectivity index (χ1n) is 9.39. The van der Waals surface area contributed by atoms with Gasteiger partial charge in [-0.15, -0.1) is 11.3 Å². The molecule has 2 aromatic carbocycles. The number of rotatable bonds is 4. The molecular formula is C22H24N2OS. The molecule has 1 saturated heterocycles. The Kier molecular flexibility index (Phi) is 5.02. The highest BCUT2D eigenvalue weighted by Gasteiger charge is 2.27. The van der Waals surface area contributed by atoms with E-state index in [2.05, 4.69) is 42.2 Å². The van der Waals surface area contributed by atoms with Crippen LogP contribution in [0.3, 0.4) is 0 Å². The van der Waals surface area contributed by atoms with Crippen LogP contribution in [0.25, 0.3) is 10.2 Å². The molecule has 0 saturated carbocycles. The Hall–Kier alpha value is -2.20. The maximum atomic E-state index is 12.8. The van der Waals surface area contributed by atoms with E-state index in [4.69, 9.17) is 4.98 Å². The molecule has 0 radical (unpaired) electrons. The van der Waals surface area contributed by atoms with Crippen LogP contribution in [0.5, 0.6) is 0 Å². The highest BCUT2D eigenvalue weighted by atomic mass is 32.1. The summed E-state index contributed by atoms with van der Waals surface area (Å²) in [7, 11) is 0. The van der Waals surface area contributed by atoms with Crippen molar-refractivity contribution in [1.29, 1.82) is 0 Å². The van der Waals surface area contributed by atoms with Crippen molar-refractivity contribution < 1.29 is 4.79 Å². The molecule has 4 rings (SSSR count). The van der Waals surface area contributed by atoms with E-state index in [0.717, 1.165) is 31.4 Å². The summed E-state index contributed by atoms with van der Waals surface area (Å²) in [5.74, 6) is 0.899. The van der Waals surface area contributed by atoms with Crippen LogP contribution in [0.4, 0.5) is 0 Å². The van der Waals surface area contributed by atoms with Gasteiger partial charge < -0.3 is 4.90 Å². The molecule has 1 fully saturated rings. The quantitative estimate of drug-likeness (QED) is 0.638. The Balaban J connectivity index is 1.43. The fraction of sp³-hybridized carbons (Fsp3) is 0.364. The smallest absolute Gasteiger partial charge is 0.223 e. The fourth-order valence-corrected chi connectivity index (χ4v) is 4.85. The number of likely N-dealkylation sites (tertiary alicyclic amines) is 1. The Morgan fingerprint density at radius 2 is 1.96 bits per heavy atom. The van der Waals surface area contributed by atoms with Crippen LogP contribution < -0.4 is 0 Å². The minimum absolute atomic E-state index is 0.256. The summed E-state index contributed by atoms with van der Waals surface area (Å²) < 4.78 is 1.24. The van der Waals surface area contributed by atoms with E-state index in [1.807, 2.05) is 24.3 Å². The summed E-state index contributed by atoms with van der Waals surface area (Å²) in [6, 6.07) is 18.6. The lowest BCUT2D eigenvalue weighted by atomic mass is 9.95. The Labute approximate surface area is 158 Å². The highest BCUT2D eigenvalue weighted by molar-refractivity contribution is 7.18. The van der Waals surface area contributed by atoms with E-state index in [1.54, 1.807) is 11.3 Å². The van der Waals surface area contributed by atoms with Crippen molar-refractivity contribution in [3.05, 3.63) is 65.2 Å². The third-order valence-corrected chi connectivity index (χ3v) is 6.48. The molecule has 2 heterocycles. The minimum Gasteiger partial charge on any atom is -0.342 e. The van der Waals surface area contributed by atoms with Crippen LogP contribution in [0.2, 0.25) is 0 Å². The zero-order valence-corrected chi connectivity index (χ0v) is 15.9. The van der Waals surface area contributed by atoms with Crippen LogP contribution in [0.1, 0.15) is 48.6 Å². The summed E-state index contributed by atoms with van der Waals surface area (Å²) in [4.78, 5) is 19.7. The molecule has 1 amide bonds. The van der Waals surface area contributed by atoms with Gasteiger partial charge in [0.2, 0.25) is 5.91 Å². The Morgan fingerprint density at radius 1 is 1.19 bits per heavy atom. The molecule has 134 valence electrons. The molecule has 0 bridgehead atoms. The number of para-hydroxylation sites is 1. The van der Waals surface area contributed by atoms with Crippen molar-refractivity contribution in [3.63, 3.8) is 0 Å². The molecule has 2 atom stereocenters. The summed E-state index contributed by atoms with van der Waals surface area (Å²) >= 11 is 1.78. The van der Waals surface area contributed by atoms with Crippen molar-refractivity contribution in [2.45, 2.75) is 38.0 Å². The third-order valence-electron chi connectivity index (χ3n) is 5.28. The van der Waals surface area contributed by atoms with E-state index in [-0.39, 0.29) is 11.8 Å². The maximum absolute atomic E-state index is 12.8. The van der Waals surface area contributed by atoms with E-state index < -0.39 is 0 Å². The lowest BCUT2D eigenvalue weighted by Crippen LogP contribution is -2.39. The minimum atomic E-state index is 0.256. The normalized spacial score (nSPS) is 18.8. The topological polar surface area (TPSA) is 33.2 Å². The van der Waals surface area contributed by atoms with E-state index >= 15 is 0 Å². The average Bonchev–Trinajstić information content (AvgIpc) is 3.13. The van der Waals surface area contributed by atoms with Gasteiger partial charge in [-0.3, -0.25) is 4.79 Å². The lowest BCUT2D eigenvalue weighted by molar-refractivity contribution is -0.132. The second-order valence-corrected chi connectivity index (χ2v) is 8.28. The molecule has 1 aliphatic heterocycles. The Bertz CT molecular complexity index is 856. The van der Waals surface area contributed by atoms with Gasteiger partial charge in [0.1, 0.15) is 0 Å². The Morgan fingerprint density at radius 3 is 2.77 bits per heavy atom. The van der Waals surface area contributed by atoms with Crippen LogP contribution in [-0.2, 0) is 4.79 Å². The van der Waals surface area contributed by atoms with Gasteiger partial charge in [0.05, 0.1) is 15.2 Å². The monoisotopic (exact) mass is 364 g/mol. The van der Waals surface area contributed by atoms with Gasteiger partial charge in [0.25, 0.3) is 0 Å². The summed E-state index contributed by atoms with van der Waals surface area (Å²) in [5.41, 5.74) is 2.31. The fourth-order valence-electron chi connectivity index (χ4n) is 3.76. The first-order chi connectivity index (χ1) is 12.7. The number of fused-ring (bicyclic) bond motifs is 1. The second kappa shape index (κ2) is 7.58. The molecule has 0 spiro atoms. The molecule has 0 unspecified atom stereocenters. The SMILES string of the molecule is C[C@@H](CC(=O)N1CCC[C@H](c2nc3ccccc3s2)C1)c1ccccc1. The zero-order chi connectivity index (χ0) is 17.9. The molecule has 0 aliphatic carbocycles. The number of hydrogen-bond acceptors (Lipinski definition) is 3. The number of thiazole rings is 1. The molecule has 1 aromatic heterocycles. The van der Waals surface area contributed by atoms with Crippen LogP contribution in [-0.4, -0.2) is 28.9 Å². The molecule has 3 nitrogen and oxygen atoms in total. The largest absolute Gasteiger partial charge is 0.342 e. The second-order valence-electron chi connectivity index (χ2n) is 7.21. The van der Waals surface area contributed by atoms with Crippen molar-refractivity contribution in [2.75, 3.05) is 13.1 Å². The van der Waals surface area contributed by atoms with Crippen molar-refractivity contribution >= 4 is 27.5 Å². The summed E-state index contributed by atoms with van der Waals surface area (Å²) in [6.45, 7) is 3.82. The van der Waals surface area contributed by atoms with Gasteiger partial charge in [0.15, 0.2) is 0 Å². The predicted molar refractivity (Wildman–Crippen MR) is 108 cm³/mol. The van der Waals surface area contributed by atoms with Gasteiger partial charge in [0, 0.05) is 25.4 Å². The van der Waals surface area contributed by atoms with Gasteiger partial charge >= 0.3 is 0 Å². The number of hydrogen-bond donors (Lipinski definition) is 0. The van der Waals surface area contributed by atoms with Gasteiger partial charge in [-0.25, -0.2) is 4.98 Å². The molecular weight excluding hydrogens is 340 g/mol. The van der Waals surface area contributed by atoms with Crippen molar-refractivity contribution in [1.82, 2.24) is 9.88 Å². The number of nitrogens with zero attached hydrogens (tertiary/aromatic N) is 2. The number of benzene rings is 2. The predicted octanol–water partition coefficient (Wildman–Crippen LogP) is 5.20. The summed E-state index contributed by atoms with van der Waals surface area (Å²) in [5, 5.41) is 1.18.